The molecule has 0 fully saturated rings. The van der Waals surface area contributed by atoms with Gasteiger partial charge in [0.05, 0.1) is 0 Å². The van der Waals surface area contributed by atoms with Crippen LogP contribution in [0.1, 0.15) is 13.8 Å². The third kappa shape index (κ3) is 7.53. The highest BCUT2D eigenvalue weighted by molar-refractivity contribution is 7.80. The van der Waals surface area contributed by atoms with Gasteiger partial charge in [0.25, 0.3) is 0 Å². The number of hydrogen-bond donors (Lipinski definition) is 2. The van der Waals surface area contributed by atoms with Crippen LogP contribution >= 0.6 is 12.2 Å². The third-order valence-corrected chi connectivity index (χ3v) is 1.26. The van der Waals surface area contributed by atoms with Crippen molar-refractivity contribution in [2.45, 2.75) is 26.4 Å². The van der Waals surface area contributed by atoms with Crippen molar-refractivity contribution in [1.29, 1.82) is 0 Å². The van der Waals surface area contributed by atoms with Crippen LogP contribution in [0.15, 0.2) is 0 Å². The molecule has 2 unspecified atom stereocenters. The molecule has 0 rings (SSSR count). The number of rotatable bonds is 5. The van der Waals surface area contributed by atoms with Crippen LogP contribution < -0.4 is 11.1 Å². The molecule has 0 aliphatic rings. The van der Waals surface area contributed by atoms with Gasteiger partial charge < -0.3 is 20.5 Å². The lowest BCUT2D eigenvalue weighted by Gasteiger charge is -2.19. The summed E-state index contributed by atoms with van der Waals surface area (Å²) in [6, 6.07) is 0. The molecule has 0 aromatic rings. The van der Waals surface area contributed by atoms with Gasteiger partial charge in [-0.3, -0.25) is 0 Å². The second-order valence-corrected chi connectivity index (χ2v) is 2.81. The quantitative estimate of drug-likeness (QED) is 0.378. The van der Waals surface area contributed by atoms with Crippen LogP contribution in [0, 0.1) is 12.3 Å². The Morgan fingerprint density at radius 2 is 2.31 bits per heavy atom. The largest absolute Gasteiger partial charge is 0.376 e. The zero-order chi connectivity index (χ0) is 10.3. The first-order valence-electron chi connectivity index (χ1n) is 3.82. The Kier molecular flexibility index (Phi) is 6.24. The lowest BCUT2D eigenvalue weighted by atomic mass is 10.6. The Bertz CT molecular complexity index is 203. The second kappa shape index (κ2) is 6.66. The van der Waals surface area contributed by atoms with Gasteiger partial charge >= 0.3 is 0 Å². The average molecular weight is 202 g/mol. The Morgan fingerprint density at radius 1 is 1.69 bits per heavy atom. The highest BCUT2D eigenvalue weighted by Crippen LogP contribution is 1.96. The number of thiocarbonyl (C=S) groups is 1. The molecule has 0 radical (unpaired) electrons. The van der Waals surface area contributed by atoms with E-state index in [1.807, 2.05) is 0 Å². The van der Waals surface area contributed by atoms with Gasteiger partial charge in [-0.25, -0.2) is 0 Å². The lowest BCUT2D eigenvalue weighted by molar-refractivity contribution is -0.151. The van der Waals surface area contributed by atoms with E-state index in [9.17, 15) is 0 Å². The molecule has 0 aliphatic carbocycles. The zero-order valence-electron chi connectivity index (χ0n) is 7.74. The van der Waals surface area contributed by atoms with Gasteiger partial charge in [-0.1, -0.05) is 5.92 Å². The maximum Gasteiger partial charge on any atom is 0.165 e. The van der Waals surface area contributed by atoms with Crippen LogP contribution in [0.2, 0.25) is 0 Å². The Hall–Kier alpha value is -0.830. The first kappa shape index (κ1) is 12.2. The standard InChI is InChI=1S/C8H14N2O2S/c1-4-5-11-7(3)12-6(2)10-8(9)13/h1,6-7H,5H2,2-3H3,(H3,9,10,13). The summed E-state index contributed by atoms with van der Waals surface area (Å²) in [5.74, 6) is 2.34. The topological polar surface area (TPSA) is 56.5 Å². The van der Waals surface area contributed by atoms with Gasteiger partial charge in [0, 0.05) is 0 Å². The van der Waals surface area contributed by atoms with E-state index in [-0.39, 0.29) is 24.2 Å². The summed E-state index contributed by atoms with van der Waals surface area (Å²) in [6.45, 7) is 3.74. The van der Waals surface area contributed by atoms with E-state index in [0.717, 1.165) is 0 Å². The molecular weight excluding hydrogens is 188 g/mol. The lowest BCUT2D eigenvalue weighted by Crippen LogP contribution is -2.40. The minimum Gasteiger partial charge on any atom is -0.376 e. The van der Waals surface area contributed by atoms with Gasteiger partial charge in [0.1, 0.15) is 12.8 Å². The number of ether oxygens (including phenoxy) is 2. The Labute approximate surface area is 83.8 Å². The molecule has 74 valence electrons. The molecule has 0 aromatic carbocycles. The molecule has 13 heavy (non-hydrogen) atoms. The van der Waals surface area contributed by atoms with E-state index >= 15 is 0 Å². The predicted molar refractivity (Wildman–Crippen MR) is 54.7 cm³/mol. The first-order valence-corrected chi connectivity index (χ1v) is 4.23. The minimum absolute atomic E-state index is 0.191. The van der Waals surface area contributed by atoms with Gasteiger partial charge in [-0.2, -0.15) is 0 Å². The Morgan fingerprint density at radius 3 is 2.77 bits per heavy atom. The third-order valence-electron chi connectivity index (χ3n) is 1.14. The van der Waals surface area contributed by atoms with Crippen LogP contribution in [-0.4, -0.2) is 24.2 Å². The van der Waals surface area contributed by atoms with Crippen molar-refractivity contribution in [3.05, 3.63) is 0 Å². The van der Waals surface area contributed by atoms with Crippen molar-refractivity contribution in [1.82, 2.24) is 5.32 Å². The molecule has 2 atom stereocenters. The fraction of sp³-hybridized carbons (Fsp3) is 0.625. The van der Waals surface area contributed by atoms with Crippen LogP contribution in [0.5, 0.6) is 0 Å². The van der Waals surface area contributed by atoms with Crippen LogP contribution in [0.25, 0.3) is 0 Å². The maximum atomic E-state index is 5.27. The molecule has 0 saturated heterocycles. The zero-order valence-corrected chi connectivity index (χ0v) is 8.56. The van der Waals surface area contributed by atoms with Crippen molar-refractivity contribution in [2.75, 3.05) is 6.61 Å². The summed E-state index contributed by atoms with van der Waals surface area (Å²) < 4.78 is 10.3. The molecule has 0 spiro atoms. The van der Waals surface area contributed by atoms with E-state index in [4.69, 9.17) is 21.6 Å². The van der Waals surface area contributed by atoms with Crippen molar-refractivity contribution in [3.8, 4) is 12.3 Å². The highest BCUT2D eigenvalue weighted by atomic mass is 32.1. The van der Waals surface area contributed by atoms with E-state index in [0.29, 0.717) is 0 Å². The monoisotopic (exact) mass is 202 g/mol. The van der Waals surface area contributed by atoms with Gasteiger partial charge in [-0.05, 0) is 26.1 Å². The summed E-state index contributed by atoms with van der Waals surface area (Å²) in [6.07, 6.45) is 4.33. The molecule has 0 aromatic heterocycles. The minimum atomic E-state index is -0.382. The predicted octanol–water partition coefficient (Wildman–Crippen LogP) is 0.178. The SMILES string of the molecule is C#CCOC(C)OC(C)NC(N)=S. The summed E-state index contributed by atoms with van der Waals surface area (Å²) >= 11 is 4.63. The summed E-state index contributed by atoms with van der Waals surface area (Å²) in [5.41, 5.74) is 5.24. The molecule has 0 aliphatic heterocycles. The smallest absolute Gasteiger partial charge is 0.165 e. The summed E-state index contributed by atoms with van der Waals surface area (Å²) in [4.78, 5) is 0. The maximum absolute atomic E-state index is 5.27. The molecule has 0 amide bonds. The van der Waals surface area contributed by atoms with Crippen molar-refractivity contribution in [2.24, 2.45) is 5.73 Å². The molecule has 5 heteroatoms. The number of nitrogens with two attached hydrogens (primary N) is 1. The van der Waals surface area contributed by atoms with E-state index in [1.54, 1.807) is 13.8 Å². The highest BCUT2D eigenvalue weighted by Gasteiger charge is 2.07. The van der Waals surface area contributed by atoms with Crippen LogP contribution in [0.4, 0.5) is 0 Å². The summed E-state index contributed by atoms with van der Waals surface area (Å²) in [5, 5.41) is 2.90. The first-order chi connectivity index (χ1) is 6.06. The fourth-order valence-corrected chi connectivity index (χ4v) is 0.893. The molecular formula is C8H14N2O2S. The van der Waals surface area contributed by atoms with Gasteiger partial charge in [0.2, 0.25) is 0 Å². The molecule has 0 saturated carbocycles. The average Bonchev–Trinajstić information content (AvgIpc) is 1.98. The fourth-order valence-electron chi connectivity index (χ4n) is 0.727. The van der Waals surface area contributed by atoms with E-state index in [1.165, 1.54) is 0 Å². The van der Waals surface area contributed by atoms with Gasteiger partial charge in [0.15, 0.2) is 11.4 Å². The van der Waals surface area contributed by atoms with Crippen molar-refractivity contribution >= 4 is 17.3 Å². The molecule has 4 nitrogen and oxygen atoms in total. The second-order valence-electron chi connectivity index (χ2n) is 2.37. The van der Waals surface area contributed by atoms with Crippen molar-refractivity contribution in [3.63, 3.8) is 0 Å². The summed E-state index contributed by atoms with van der Waals surface area (Å²) in [7, 11) is 0. The van der Waals surface area contributed by atoms with Crippen molar-refractivity contribution < 1.29 is 9.47 Å². The van der Waals surface area contributed by atoms with Crippen LogP contribution in [-0.2, 0) is 9.47 Å². The number of terminal acetylenes is 1. The molecule has 0 heterocycles. The molecule has 3 N–H and O–H groups in total. The van der Waals surface area contributed by atoms with Gasteiger partial charge in [-0.15, -0.1) is 6.42 Å². The van der Waals surface area contributed by atoms with E-state index < -0.39 is 0 Å². The number of hydrogen-bond acceptors (Lipinski definition) is 3. The Balaban J connectivity index is 3.59. The van der Waals surface area contributed by atoms with Crippen LogP contribution in [0.3, 0.4) is 0 Å². The van der Waals surface area contributed by atoms with E-state index in [2.05, 4.69) is 23.5 Å². The normalized spacial score (nSPS) is 14.2. The number of nitrogens with one attached hydrogen (secondary N) is 1. The molecule has 0 bridgehead atoms.